The van der Waals surface area contributed by atoms with Gasteiger partial charge >= 0.3 is 0 Å². The molecule has 1 heterocycles. The maximum Gasteiger partial charge on any atom is 0.0994 e. The lowest BCUT2D eigenvalue weighted by Crippen LogP contribution is -2.38. The molecule has 1 aliphatic rings. The third-order valence-electron chi connectivity index (χ3n) is 1.93. The summed E-state index contributed by atoms with van der Waals surface area (Å²) in [6, 6.07) is 0.593. The summed E-state index contributed by atoms with van der Waals surface area (Å²) < 4.78 is 5.30. The Kier molecular flexibility index (Phi) is 3.12. The van der Waals surface area contributed by atoms with E-state index >= 15 is 0 Å². The minimum atomic E-state index is 0.593. The molecule has 1 saturated heterocycles. The predicted octanol–water partition coefficient (Wildman–Crippen LogP) is -0.116. The lowest BCUT2D eigenvalue weighted by Gasteiger charge is -2.19. The van der Waals surface area contributed by atoms with Crippen molar-refractivity contribution in [3.63, 3.8) is 0 Å². The largest absolute Gasteiger partial charge is 0.364 e. The Morgan fingerprint density at radius 2 is 2.50 bits per heavy atom. The molecule has 1 rings (SSSR count). The number of hydrogen-bond donors (Lipinski definition) is 1. The number of likely N-dealkylation sites (N-methyl/N-ethyl adjacent to an activating group) is 2. The van der Waals surface area contributed by atoms with Gasteiger partial charge in [-0.15, -0.1) is 0 Å². The van der Waals surface area contributed by atoms with Crippen LogP contribution in [0.5, 0.6) is 0 Å². The summed E-state index contributed by atoms with van der Waals surface area (Å²) in [7, 11) is 1.98. The summed E-state index contributed by atoms with van der Waals surface area (Å²) in [5, 5.41) is 3.15. The van der Waals surface area contributed by atoms with E-state index in [-0.39, 0.29) is 0 Å². The molecule has 1 aliphatic heterocycles. The van der Waals surface area contributed by atoms with Gasteiger partial charge in [-0.05, 0) is 13.6 Å². The summed E-state index contributed by atoms with van der Waals surface area (Å²) in [4.78, 5) is 2.33. The molecule has 3 nitrogen and oxygen atoms in total. The normalized spacial score (nSPS) is 27.6. The number of nitrogens with zero attached hydrogens (tertiary/aromatic N) is 1. The van der Waals surface area contributed by atoms with Gasteiger partial charge in [0.1, 0.15) is 0 Å². The Morgan fingerprint density at radius 3 is 3.10 bits per heavy atom. The maximum atomic E-state index is 5.30. The standard InChI is InChI=1S/C7H16N2O/c1-3-9-6-10-5-7(9)4-8-2/h7-8H,3-6H2,1-2H3. The summed E-state index contributed by atoms with van der Waals surface area (Å²) in [6.45, 7) is 5.98. The fourth-order valence-electron chi connectivity index (χ4n) is 1.29. The summed E-state index contributed by atoms with van der Waals surface area (Å²) in [6.07, 6.45) is 0. The van der Waals surface area contributed by atoms with Gasteiger partial charge in [-0.25, -0.2) is 0 Å². The van der Waals surface area contributed by atoms with Crippen LogP contribution < -0.4 is 5.32 Å². The molecule has 1 fully saturated rings. The van der Waals surface area contributed by atoms with Gasteiger partial charge in [0.2, 0.25) is 0 Å². The highest BCUT2D eigenvalue weighted by Gasteiger charge is 2.22. The average molecular weight is 144 g/mol. The van der Waals surface area contributed by atoms with Crippen LogP contribution in [0.15, 0.2) is 0 Å². The van der Waals surface area contributed by atoms with E-state index in [1.165, 1.54) is 0 Å². The molecule has 10 heavy (non-hydrogen) atoms. The number of nitrogens with one attached hydrogen (secondary N) is 1. The molecular formula is C7H16N2O. The molecule has 0 aromatic carbocycles. The zero-order chi connectivity index (χ0) is 7.40. The highest BCUT2D eigenvalue weighted by Crippen LogP contribution is 2.06. The molecule has 0 bridgehead atoms. The van der Waals surface area contributed by atoms with Crippen LogP contribution >= 0.6 is 0 Å². The van der Waals surface area contributed by atoms with Crippen LogP contribution in [0.1, 0.15) is 6.92 Å². The second-order valence-electron chi connectivity index (χ2n) is 2.62. The van der Waals surface area contributed by atoms with Gasteiger partial charge in [0.25, 0.3) is 0 Å². The number of hydrogen-bond acceptors (Lipinski definition) is 3. The zero-order valence-electron chi connectivity index (χ0n) is 6.76. The molecule has 3 heteroatoms. The fraction of sp³-hybridized carbons (Fsp3) is 1.00. The van der Waals surface area contributed by atoms with Crippen molar-refractivity contribution in [1.82, 2.24) is 10.2 Å². The van der Waals surface area contributed by atoms with Crippen LogP contribution in [0.25, 0.3) is 0 Å². The van der Waals surface area contributed by atoms with Crippen LogP contribution in [0.3, 0.4) is 0 Å². The minimum absolute atomic E-state index is 0.593. The van der Waals surface area contributed by atoms with Gasteiger partial charge in [0.05, 0.1) is 13.3 Å². The first-order chi connectivity index (χ1) is 4.88. The summed E-state index contributed by atoms with van der Waals surface area (Å²) in [5.41, 5.74) is 0. The van der Waals surface area contributed by atoms with Gasteiger partial charge in [0.15, 0.2) is 0 Å². The average Bonchev–Trinajstić information content (AvgIpc) is 2.36. The molecule has 0 amide bonds. The summed E-state index contributed by atoms with van der Waals surface area (Å²) >= 11 is 0. The maximum absolute atomic E-state index is 5.30. The van der Waals surface area contributed by atoms with Crippen molar-refractivity contribution in [2.24, 2.45) is 0 Å². The fourth-order valence-corrected chi connectivity index (χ4v) is 1.29. The van der Waals surface area contributed by atoms with Gasteiger partial charge < -0.3 is 10.1 Å². The Balaban J connectivity index is 2.27. The first kappa shape index (κ1) is 7.98. The van der Waals surface area contributed by atoms with Crippen molar-refractivity contribution < 1.29 is 4.74 Å². The first-order valence-electron chi connectivity index (χ1n) is 3.85. The molecule has 0 spiro atoms. The van der Waals surface area contributed by atoms with E-state index in [2.05, 4.69) is 17.1 Å². The van der Waals surface area contributed by atoms with Gasteiger partial charge in [0, 0.05) is 12.6 Å². The lowest BCUT2D eigenvalue weighted by molar-refractivity contribution is 0.142. The monoisotopic (exact) mass is 144 g/mol. The second-order valence-corrected chi connectivity index (χ2v) is 2.62. The van der Waals surface area contributed by atoms with Crippen molar-refractivity contribution in [3.05, 3.63) is 0 Å². The SMILES string of the molecule is CCN1COCC1CNC. The quantitative estimate of drug-likeness (QED) is 0.598. The molecule has 0 saturated carbocycles. The number of rotatable bonds is 3. The third-order valence-corrected chi connectivity index (χ3v) is 1.93. The van der Waals surface area contributed by atoms with E-state index < -0.39 is 0 Å². The highest BCUT2D eigenvalue weighted by atomic mass is 16.5. The van der Waals surface area contributed by atoms with Crippen LogP contribution in [-0.2, 0) is 4.74 Å². The van der Waals surface area contributed by atoms with E-state index in [1.54, 1.807) is 0 Å². The Hall–Kier alpha value is -0.120. The summed E-state index contributed by atoms with van der Waals surface area (Å²) in [5.74, 6) is 0. The van der Waals surface area contributed by atoms with Crippen molar-refractivity contribution >= 4 is 0 Å². The molecule has 0 aromatic rings. The van der Waals surface area contributed by atoms with E-state index in [0.717, 1.165) is 26.4 Å². The molecule has 1 N–H and O–H groups in total. The molecule has 1 atom stereocenters. The van der Waals surface area contributed by atoms with Crippen molar-refractivity contribution in [3.8, 4) is 0 Å². The van der Waals surface area contributed by atoms with E-state index in [9.17, 15) is 0 Å². The molecule has 0 aromatic heterocycles. The van der Waals surface area contributed by atoms with Crippen LogP contribution in [-0.4, -0.2) is 44.4 Å². The molecule has 0 radical (unpaired) electrons. The van der Waals surface area contributed by atoms with Crippen LogP contribution in [0.4, 0.5) is 0 Å². The van der Waals surface area contributed by atoms with Crippen LogP contribution in [0.2, 0.25) is 0 Å². The van der Waals surface area contributed by atoms with Gasteiger partial charge in [-0.3, -0.25) is 4.90 Å². The topological polar surface area (TPSA) is 24.5 Å². The van der Waals surface area contributed by atoms with Crippen LogP contribution in [0, 0.1) is 0 Å². The lowest BCUT2D eigenvalue weighted by atomic mass is 10.3. The van der Waals surface area contributed by atoms with Crippen molar-refractivity contribution in [1.29, 1.82) is 0 Å². The molecule has 1 unspecified atom stereocenters. The zero-order valence-corrected chi connectivity index (χ0v) is 6.76. The number of ether oxygens (including phenoxy) is 1. The second kappa shape index (κ2) is 3.91. The first-order valence-corrected chi connectivity index (χ1v) is 3.85. The third kappa shape index (κ3) is 1.68. The van der Waals surface area contributed by atoms with E-state index in [1.807, 2.05) is 7.05 Å². The highest BCUT2D eigenvalue weighted by molar-refractivity contribution is 4.74. The molecule has 0 aliphatic carbocycles. The van der Waals surface area contributed by atoms with Gasteiger partial charge in [-0.1, -0.05) is 6.92 Å². The molecule has 60 valence electrons. The van der Waals surface area contributed by atoms with E-state index in [0.29, 0.717) is 6.04 Å². The minimum Gasteiger partial charge on any atom is -0.364 e. The van der Waals surface area contributed by atoms with Crippen molar-refractivity contribution in [2.75, 3.05) is 33.5 Å². The molecular weight excluding hydrogens is 128 g/mol. The Labute approximate surface area is 62.3 Å². The van der Waals surface area contributed by atoms with E-state index in [4.69, 9.17) is 4.74 Å². The Morgan fingerprint density at radius 1 is 1.70 bits per heavy atom. The van der Waals surface area contributed by atoms with Crippen molar-refractivity contribution in [2.45, 2.75) is 13.0 Å². The predicted molar refractivity (Wildman–Crippen MR) is 40.9 cm³/mol. The van der Waals surface area contributed by atoms with Gasteiger partial charge in [-0.2, -0.15) is 0 Å². The smallest absolute Gasteiger partial charge is 0.0994 e. The Bertz CT molecular complexity index is 97.6.